The first kappa shape index (κ1) is 16.9. The maximum Gasteiger partial charge on any atom is 0.230 e. The Balaban J connectivity index is 1.80. The van der Waals surface area contributed by atoms with Gasteiger partial charge >= 0.3 is 0 Å². The molecule has 0 saturated heterocycles. The summed E-state index contributed by atoms with van der Waals surface area (Å²) >= 11 is 1.20. The molecule has 8 heteroatoms. The summed E-state index contributed by atoms with van der Waals surface area (Å²) in [5, 5.41) is 3.25. The quantitative estimate of drug-likeness (QED) is 0.537. The number of amides is 1. The van der Waals surface area contributed by atoms with E-state index in [9.17, 15) is 4.79 Å². The Morgan fingerprint density at radius 3 is 2.35 bits per heavy atom. The number of thioether (sulfide) groups is 1. The van der Waals surface area contributed by atoms with Crippen LogP contribution in [0.25, 0.3) is 0 Å². The average molecular weight is 332 g/mol. The van der Waals surface area contributed by atoms with Gasteiger partial charge in [-0.05, 0) is 17.7 Å². The van der Waals surface area contributed by atoms with Crippen molar-refractivity contribution in [2.45, 2.75) is 11.7 Å². The first-order chi connectivity index (χ1) is 10.9. The molecule has 0 unspecified atom stereocenters. The van der Waals surface area contributed by atoms with E-state index in [4.69, 9.17) is 11.5 Å². The summed E-state index contributed by atoms with van der Waals surface area (Å²) in [6, 6.07) is 9.48. The van der Waals surface area contributed by atoms with Crippen LogP contribution in [0.4, 0.5) is 17.3 Å². The van der Waals surface area contributed by atoms with E-state index >= 15 is 0 Å². The van der Waals surface area contributed by atoms with Gasteiger partial charge < -0.3 is 21.7 Å². The Bertz CT molecular complexity index is 654. The van der Waals surface area contributed by atoms with E-state index in [1.807, 2.05) is 43.3 Å². The van der Waals surface area contributed by atoms with Gasteiger partial charge in [-0.1, -0.05) is 23.9 Å². The highest BCUT2D eigenvalue weighted by atomic mass is 32.2. The summed E-state index contributed by atoms with van der Waals surface area (Å²) in [6.45, 7) is 0.479. The topological polar surface area (TPSA) is 110 Å². The largest absolute Gasteiger partial charge is 0.383 e. The number of anilines is 3. The molecule has 0 spiro atoms. The third kappa shape index (κ3) is 5.33. The first-order valence-electron chi connectivity index (χ1n) is 7.00. The lowest BCUT2D eigenvalue weighted by molar-refractivity contribution is -0.118. The number of benzene rings is 1. The molecule has 23 heavy (non-hydrogen) atoms. The summed E-state index contributed by atoms with van der Waals surface area (Å²) < 4.78 is 0. The van der Waals surface area contributed by atoms with Gasteiger partial charge in [0, 0.05) is 32.4 Å². The predicted octanol–water partition coefficient (Wildman–Crippen LogP) is 1.12. The maximum absolute atomic E-state index is 11.9. The highest BCUT2D eigenvalue weighted by Gasteiger charge is 2.06. The van der Waals surface area contributed by atoms with Crippen molar-refractivity contribution in [3.05, 3.63) is 35.9 Å². The van der Waals surface area contributed by atoms with Gasteiger partial charge in [-0.15, -0.1) is 0 Å². The Labute approximate surface area is 139 Å². The van der Waals surface area contributed by atoms with Gasteiger partial charge in [-0.25, -0.2) is 9.97 Å². The summed E-state index contributed by atoms with van der Waals surface area (Å²) in [7, 11) is 3.97. The third-order valence-corrected chi connectivity index (χ3v) is 3.87. The second-order valence-electron chi connectivity index (χ2n) is 5.13. The van der Waals surface area contributed by atoms with E-state index in [1.54, 1.807) is 0 Å². The van der Waals surface area contributed by atoms with Crippen LogP contribution in [-0.4, -0.2) is 35.7 Å². The lowest BCUT2D eigenvalue weighted by Crippen LogP contribution is -2.24. The fourth-order valence-corrected chi connectivity index (χ4v) is 2.52. The molecule has 0 fully saturated rings. The normalized spacial score (nSPS) is 10.3. The van der Waals surface area contributed by atoms with Crippen LogP contribution >= 0.6 is 11.8 Å². The van der Waals surface area contributed by atoms with Gasteiger partial charge in [0.05, 0.1) is 5.75 Å². The maximum atomic E-state index is 11.9. The number of carbonyl (C=O) groups is 1. The predicted molar refractivity (Wildman–Crippen MR) is 94.2 cm³/mol. The molecule has 0 radical (unpaired) electrons. The Kier molecular flexibility index (Phi) is 5.64. The molecule has 1 amide bonds. The van der Waals surface area contributed by atoms with Crippen molar-refractivity contribution >= 4 is 35.0 Å². The number of nitrogens with two attached hydrogens (primary N) is 2. The van der Waals surface area contributed by atoms with Gasteiger partial charge in [0.25, 0.3) is 0 Å². The SMILES string of the molecule is CN(C)c1ccc(CNC(=O)CSc2nc(N)cc(N)n2)cc1. The molecule has 1 aromatic carbocycles. The molecule has 122 valence electrons. The first-order valence-corrected chi connectivity index (χ1v) is 7.98. The number of carbonyl (C=O) groups excluding carboxylic acids is 1. The van der Waals surface area contributed by atoms with E-state index in [-0.39, 0.29) is 11.7 Å². The average Bonchev–Trinajstić information content (AvgIpc) is 2.50. The van der Waals surface area contributed by atoms with Crippen molar-refractivity contribution in [1.82, 2.24) is 15.3 Å². The molecule has 2 rings (SSSR count). The molecule has 0 aliphatic rings. The van der Waals surface area contributed by atoms with Gasteiger partial charge in [0.15, 0.2) is 5.16 Å². The summed E-state index contributed by atoms with van der Waals surface area (Å²) in [5.41, 5.74) is 13.3. The second-order valence-corrected chi connectivity index (χ2v) is 6.07. The molecule has 0 aliphatic carbocycles. The molecule has 0 bridgehead atoms. The Hall–Kier alpha value is -2.48. The molecule has 0 saturated carbocycles. The van der Waals surface area contributed by atoms with Crippen molar-refractivity contribution in [1.29, 1.82) is 0 Å². The standard InChI is InChI=1S/C15H20N6OS/c1-21(2)11-5-3-10(4-6-11)8-18-14(22)9-23-15-19-12(16)7-13(17)20-15/h3-7H,8-9H2,1-2H3,(H,18,22)(H4,16,17,19,20). The molecular formula is C15H20N6OS. The van der Waals surface area contributed by atoms with Gasteiger partial charge in [0.2, 0.25) is 5.91 Å². The van der Waals surface area contributed by atoms with Crippen molar-refractivity contribution in [3.63, 3.8) is 0 Å². The summed E-state index contributed by atoms with van der Waals surface area (Å²) in [6.07, 6.45) is 0. The monoisotopic (exact) mass is 332 g/mol. The van der Waals surface area contributed by atoms with Crippen LogP contribution in [0.15, 0.2) is 35.5 Å². The van der Waals surface area contributed by atoms with Gasteiger partial charge in [-0.2, -0.15) is 0 Å². The lowest BCUT2D eigenvalue weighted by atomic mass is 10.2. The van der Waals surface area contributed by atoms with Crippen LogP contribution in [0.3, 0.4) is 0 Å². The van der Waals surface area contributed by atoms with Crippen LogP contribution < -0.4 is 21.7 Å². The number of aromatic nitrogens is 2. The fraction of sp³-hybridized carbons (Fsp3) is 0.267. The Morgan fingerprint density at radius 1 is 1.17 bits per heavy atom. The van der Waals surface area contributed by atoms with Crippen LogP contribution in [0.1, 0.15) is 5.56 Å². The van der Waals surface area contributed by atoms with E-state index in [0.717, 1.165) is 11.3 Å². The lowest BCUT2D eigenvalue weighted by Gasteiger charge is -2.12. The van der Waals surface area contributed by atoms with E-state index in [0.29, 0.717) is 23.3 Å². The zero-order chi connectivity index (χ0) is 16.8. The number of rotatable bonds is 6. The highest BCUT2D eigenvalue weighted by molar-refractivity contribution is 7.99. The molecule has 7 nitrogen and oxygen atoms in total. The minimum Gasteiger partial charge on any atom is -0.383 e. The molecule has 2 aromatic rings. The zero-order valence-electron chi connectivity index (χ0n) is 13.1. The molecule has 1 heterocycles. The smallest absolute Gasteiger partial charge is 0.230 e. The van der Waals surface area contributed by atoms with Crippen molar-refractivity contribution in [2.24, 2.45) is 0 Å². The van der Waals surface area contributed by atoms with Crippen molar-refractivity contribution in [3.8, 4) is 0 Å². The van der Waals surface area contributed by atoms with Crippen LogP contribution in [0.2, 0.25) is 0 Å². The van der Waals surface area contributed by atoms with Crippen molar-refractivity contribution < 1.29 is 4.79 Å². The van der Waals surface area contributed by atoms with E-state index < -0.39 is 0 Å². The van der Waals surface area contributed by atoms with Crippen LogP contribution in [0, 0.1) is 0 Å². The summed E-state index contributed by atoms with van der Waals surface area (Å²) in [4.78, 5) is 21.9. The van der Waals surface area contributed by atoms with E-state index in [1.165, 1.54) is 17.8 Å². The zero-order valence-corrected chi connectivity index (χ0v) is 13.9. The summed E-state index contributed by atoms with van der Waals surface area (Å²) in [5.74, 6) is 0.692. The minimum atomic E-state index is -0.101. The van der Waals surface area contributed by atoms with Crippen LogP contribution in [-0.2, 0) is 11.3 Å². The Morgan fingerprint density at radius 2 is 1.78 bits per heavy atom. The van der Waals surface area contributed by atoms with E-state index in [2.05, 4.69) is 15.3 Å². The van der Waals surface area contributed by atoms with Crippen LogP contribution in [0.5, 0.6) is 0 Å². The molecule has 5 N–H and O–H groups in total. The number of hydrogen-bond donors (Lipinski definition) is 3. The molecule has 0 atom stereocenters. The third-order valence-electron chi connectivity index (χ3n) is 3.02. The number of nitrogens with zero attached hydrogens (tertiary/aromatic N) is 3. The number of nitrogen functional groups attached to an aromatic ring is 2. The molecule has 1 aromatic heterocycles. The van der Waals surface area contributed by atoms with Gasteiger partial charge in [0.1, 0.15) is 11.6 Å². The fourth-order valence-electron chi connectivity index (χ4n) is 1.82. The minimum absolute atomic E-state index is 0.101. The molecular weight excluding hydrogens is 312 g/mol. The molecule has 0 aliphatic heterocycles. The number of nitrogens with one attached hydrogen (secondary N) is 1. The number of hydrogen-bond acceptors (Lipinski definition) is 7. The highest BCUT2D eigenvalue weighted by Crippen LogP contribution is 2.16. The second kappa shape index (κ2) is 7.68. The van der Waals surface area contributed by atoms with Crippen molar-refractivity contribution in [2.75, 3.05) is 36.2 Å². The van der Waals surface area contributed by atoms with Gasteiger partial charge in [-0.3, -0.25) is 4.79 Å².